The van der Waals surface area contributed by atoms with Crippen molar-refractivity contribution in [3.63, 3.8) is 0 Å². The molecule has 2 aliphatic heterocycles. The van der Waals surface area contributed by atoms with Gasteiger partial charge in [0.05, 0.1) is 0 Å². The second-order valence-electron chi connectivity index (χ2n) is 4.03. The standard InChI is InChI=1S/C12H10N2O4/c1-6-2-9-10(18-5-17-9)4-7(6)3-8-11(15)14-12(16)13-8/h2-4H,5H2,1H3,(H2,13,14,15,16)/b8-3+. The quantitative estimate of drug-likeness (QED) is 0.570. The number of urea groups is 1. The van der Waals surface area contributed by atoms with Gasteiger partial charge < -0.3 is 14.8 Å². The molecule has 2 aliphatic rings. The van der Waals surface area contributed by atoms with Crippen LogP contribution < -0.4 is 20.1 Å². The first-order valence-electron chi connectivity index (χ1n) is 5.38. The summed E-state index contributed by atoms with van der Waals surface area (Å²) in [5.41, 5.74) is 1.95. The van der Waals surface area contributed by atoms with E-state index in [-0.39, 0.29) is 12.5 Å². The highest BCUT2D eigenvalue weighted by molar-refractivity contribution is 6.14. The van der Waals surface area contributed by atoms with Crippen molar-refractivity contribution >= 4 is 18.0 Å². The molecule has 0 spiro atoms. The topological polar surface area (TPSA) is 76.7 Å². The lowest BCUT2D eigenvalue weighted by molar-refractivity contribution is -0.115. The molecule has 1 aromatic rings. The van der Waals surface area contributed by atoms with Gasteiger partial charge in [-0.05, 0) is 36.3 Å². The fourth-order valence-corrected chi connectivity index (χ4v) is 1.85. The lowest BCUT2D eigenvalue weighted by Gasteiger charge is -2.04. The molecular weight excluding hydrogens is 236 g/mol. The summed E-state index contributed by atoms with van der Waals surface area (Å²) in [7, 11) is 0. The van der Waals surface area contributed by atoms with Crippen molar-refractivity contribution in [1.82, 2.24) is 10.6 Å². The van der Waals surface area contributed by atoms with Gasteiger partial charge in [0.15, 0.2) is 11.5 Å². The third kappa shape index (κ3) is 1.67. The summed E-state index contributed by atoms with van der Waals surface area (Å²) >= 11 is 0. The zero-order valence-corrected chi connectivity index (χ0v) is 9.57. The Bertz CT molecular complexity index is 592. The number of carbonyl (C=O) groups excluding carboxylic acids is 2. The summed E-state index contributed by atoms with van der Waals surface area (Å²) in [5.74, 6) is 0.892. The largest absolute Gasteiger partial charge is 0.454 e. The number of benzene rings is 1. The number of rotatable bonds is 1. The van der Waals surface area contributed by atoms with Gasteiger partial charge in [-0.3, -0.25) is 10.1 Å². The predicted molar refractivity (Wildman–Crippen MR) is 62.0 cm³/mol. The van der Waals surface area contributed by atoms with E-state index in [0.717, 1.165) is 11.1 Å². The molecule has 0 aromatic heterocycles. The van der Waals surface area contributed by atoms with Crippen LogP contribution in [0.2, 0.25) is 0 Å². The predicted octanol–water partition coefficient (Wildman–Crippen LogP) is 0.904. The fraction of sp³-hybridized carbons (Fsp3) is 0.167. The van der Waals surface area contributed by atoms with E-state index in [1.165, 1.54) is 0 Å². The monoisotopic (exact) mass is 246 g/mol. The average Bonchev–Trinajstić information content (AvgIpc) is 2.86. The smallest absolute Gasteiger partial charge is 0.326 e. The van der Waals surface area contributed by atoms with Crippen LogP contribution in [0.4, 0.5) is 4.79 Å². The highest BCUT2D eigenvalue weighted by Gasteiger charge is 2.23. The molecule has 3 amide bonds. The Balaban J connectivity index is 2.00. The summed E-state index contributed by atoms with van der Waals surface area (Å²) in [6, 6.07) is 3.11. The molecule has 1 saturated heterocycles. The van der Waals surface area contributed by atoms with E-state index in [0.29, 0.717) is 11.5 Å². The van der Waals surface area contributed by atoms with Crippen LogP contribution in [0.1, 0.15) is 11.1 Å². The maximum Gasteiger partial charge on any atom is 0.326 e. The van der Waals surface area contributed by atoms with E-state index in [9.17, 15) is 9.59 Å². The van der Waals surface area contributed by atoms with Gasteiger partial charge in [0.1, 0.15) is 5.70 Å². The third-order valence-electron chi connectivity index (χ3n) is 2.78. The van der Waals surface area contributed by atoms with Gasteiger partial charge in [-0.25, -0.2) is 4.79 Å². The molecule has 2 N–H and O–H groups in total. The molecule has 0 radical (unpaired) electrons. The molecule has 2 heterocycles. The van der Waals surface area contributed by atoms with Gasteiger partial charge in [0.25, 0.3) is 5.91 Å². The Morgan fingerprint density at radius 1 is 1.17 bits per heavy atom. The molecule has 1 fully saturated rings. The van der Waals surface area contributed by atoms with Crippen molar-refractivity contribution in [1.29, 1.82) is 0 Å². The number of aryl methyl sites for hydroxylation is 1. The number of imide groups is 1. The van der Waals surface area contributed by atoms with Gasteiger partial charge in [-0.15, -0.1) is 0 Å². The van der Waals surface area contributed by atoms with E-state index < -0.39 is 11.9 Å². The fourth-order valence-electron chi connectivity index (χ4n) is 1.85. The van der Waals surface area contributed by atoms with Crippen molar-refractivity contribution in [3.05, 3.63) is 29.0 Å². The SMILES string of the molecule is Cc1cc2c(cc1/C=C1/NC(=O)NC1=O)OCO2. The van der Waals surface area contributed by atoms with E-state index >= 15 is 0 Å². The highest BCUT2D eigenvalue weighted by atomic mass is 16.7. The number of nitrogens with one attached hydrogen (secondary N) is 2. The Morgan fingerprint density at radius 3 is 2.56 bits per heavy atom. The number of amides is 3. The van der Waals surface area contributed by atoms with Crippen LogP contribution in [0.15, 0.2) is 17.8 Å². The minimum atomic E-state index is -0.510. The Kier molecular flexibility index (Phi) is 2.22. The molecule has 0 atom stereocenters. The summed E-state index contributed by atoms with van der Waals surface area (Å²) in [6.07, 6.45) is 1.61. The van der Waals surface area contributed by atoms with Crippen molar-refractivity contribution in [2.45, 2.75) is 6.92 Å². The van der Waals surface area contributed by atoms with Gasteiger partial charge in [0, 0.05) is 0 Å². The van der Waals surface area contributed by atoms with E-state index in [1.807, 2.05) is 13.0 Å². The minimum Gasteiger partial charge on any atom is -0.454 e. The molecule has 6 nitrogen and oxygen atoms in total. The molecule has 18 heavy (non-hydrogen) atoms. The number of ether oxygens (including phenoxy) is 2. The van der Waals surface area contributed by atoms with Crippen LogP contribution >= 0.6 is 0 Å². The second kappa shape index (κ2) is 3.76. The van der Waals surface area contributed by atoms with Crippen LogP contribution in [0, 0.1) is 6.92 Å². The van der Waals surface area contributed by atoms with Crippen LogP contribution in [0.5, 0.6) is 11.5 Å². The van der Waals surface area contributed by atoms with E-state index in [4.69, 9.17) is 9.47 Å². The molecule has 0 saturated carbocycles. The summed E-state index contributed by atoms with van der Waals surface area (Å²) in [6.45, 7) is 2.09. The number of fused-ring (bicyclic) bond motifs is 1. The Hall–Kier alpha value is -2.50. The third-order valence-corrected chi connectivity index (χ3v) is 2.78. The van der Waals surface area contributed by atoms with Gasteiger partial charge in [0.2, 0.25) is 6.79 Å². The summed E-state index contributed by atoms with van der Waals surface area (Å²) in [5, 5.41) is 4.58. The lowest BCUT2D eigenvalue weighted by atomic mass is 10.1. The van der Waals surface area contributed by atoms with Gasteiger partial charge in [-0.2, -0.15) is 0 Å². The molecule has 1 aromatic carbocycles. The molecule has 6 heteroatoms. The first-order chi connectivity index (χ1) is 8.63. The van der Waals surface area contributed by atoms with Crippen LogP contribution in [-0.2, 0) is 4.79 Å². The Morgan fingerprint density at radius 2 is 1.89 bits per heavy atom. The Labute approximate surface area is 103 Å². The maximum absolute atomic E-state index is 11.4. The van der Waals surface area contributed by atoms with Crippen molar-refractivity contribution < 1.29 is 19.1 Å². The number of carbonyl (C=O) groups is 2. The molecule has 92 valence electrons. The average molecular weight is 246 g/mol. The number of hydrogen-bond donors (Lipinski definition) is 2. The lowest BCUT2D eigenvalue weighted by Crippen LogP contribution is -2.22. The zero-order valence-electron chi connectivity index (χ0n) is 9.57. The molecule has 0 unspecified atom stereocenters. The molecule has 0 bridgehead atoms. The van der Waals surface area contributed by atoms with Gasteiger partial charge >= 0.3 is 6.03 Å². The van der Waals surface area contributed by atoms with Gasteiger partial charge in [-0.1, -0.05) is 0 Å². The minimum absolute atomic E-state index is 0.200. The first-order valence-corrected chi connectivity index (χ1v) is 5.38. The molecular formula is C12H10N2O4. The van der Waals surface area contributed by atoms with Crippen LogP contribution in [-0.4, -0.2) is 18.7 Å². The summed E-state index contributed by atoms with van der Waals surface area (Å²) < 4.78 is 10.5. The maximum atomic E-state index is 11.4. The van der Waals surface area contributed by atoms with E-state index in [2.05, 4.69) is 10.6 Å². The normalized spacial score (nSPS) is 19.1. The van der Waals surface area contributed by atoms with Crippen molar-refractivity contribution in [2.75, 3.05) is 6.79 Å². The van der Waals surface area contributed by atoms with Crippen LogP contribution in [0.25, 0.3) is 6.08 Å². The summed E-state index contributed by atoms with van der Waals surface area (Å²) in [4.78, 5) is 22.4. The second-order valence-corrected chi connectivity index (χ2v) is 4.03. The molecule has 0 aliphatic carbocycles. The molecule has 3 rings (SSSR count). The van der Waals surface area contributed by atoms with Crippen LogP contribution in [0.3, 0.4) is 0 Å². The van der Waals surface area contributed by atoms with Crippen molar-refractivity contribution in [2.24, 2.45) is 0 Å². The zero-order chi connectivity index (χ0) is 12.7. The first kappa shape index (κ1) is 10.6. The number of hydrogen-bond acceptors (Lipinski definition) is 4. The highest BCUT2D eigenvalue weighted by Crippen LogP contribution is 2.35. The van der Waals surface area contributed by atoms with Crippen molar-refractivity contribution in [3.8, 4) is 11.5 Å². The van der Waals surface area contributed by atoms with E-state index in [1.54, 1.807) is 12.1 Å².